The number of benzene rings is 2. The van der Waals surface area contributed by atoms with E-state index in [9.17, 15) is 13.2 Å². The van der Waals surface area contributed by atoms with Gasteiger partial charge in [-0.25, -0.2) is 13.2 Å². The van der Waals surface area contributed by atoms with E-state index in [1.807, 2.05) is 0 Å². The summed E-state index contributed by atoms with van der Waals surface area (Å²) >= 11 is 0. The first-order valence-corrected chi connectivity index (χ1v) is 7.70. The molecule has 122 valence electrons. The molecule has 0 aromatic heterocycles. The lowest BCUT2D eigenvalue weighted by atomic mass is 9.79. The molecule has 0 saturated heterocycles. The van der Waals surface area contributed by atoms with Gasteiger partial charge in [0.1, 0.15) is 17.2 Å². The number of anilines is 1. The fourth-order valence-corrected chi connectivity index (χ4v) is 3.22. The van der Waals surface area contributed by atoms with Gasteiger partial charge in [0.05, 0.1) is 0 Å². The molecule has 2 aromatic rings. The van der Waals surface area contributed by atoms with Crippen LogP contribution in [-0.2, 0) is 5.60 Å². The molecule has 1 aliphatic rings. The van der Waals surface area contributed by atoms with Gasteiger partial charge in [0.15, 0.2) is 11.6 Å². The second-order valence-corrected chi connectivity index (χ2v) is 5.97. The third-order valence-electron chi connectivity index (χ3n) is 4.34. The maximum Gasteiger partial charge on any atom is 0.167 e. The molecule has 0 atom stereocenters. The number of nitrogen functional groups attached to an aromatic ring is 1. The Bertz CT molecular complexity index is 711. The Morgan fingerprint density at radius 2 is 1.61 bits per heavy atom. The molecule has 1 fully saturated rings. The predicted octanol–water partition coefficient (Wildman–Crippen LogP) is 4.92. The van der Waals surface area contributed by atoms with Crippen LogP contribution in [0.1, 0.15) is 37.7 Å². The summed E-state index contributed by atoms with van der Waals surface area (Å²) in [6.45, 7) is 0. The normalized spacial score (nSPS) is 17.0. The molecule has 3 rings (SSSR count). The Balaban J connectivity index is 2.02. The smallest absolute Gasteiger partial charge is 0.167 e. The summed E-state index contributed by atoms with van der Waals surface area (Å²) in [4.78, 5) is 0. The van der Waals surface area contributed by atoms with E-state index in [-0.39, 0.29) is 11.3 Å². The molecule has 0 radical (unpaired) electrons. The molecule has 0 aliphatic heterocycles. The molecule has 2 aromatic carbocycles. The van der Waals surface area contributed by atoms with Crippen molar-refractivity contribution >= 4 is 5.69 Å². The number of ether oxygens (including phenoxy) is 1. The minimum absolute atomic E-state index is 0.0322. The van der Waals surface area contributed by atoms with Crippen molar-refractivity contribution in [1.29, 1.82) is 0 Å². The average molecular weight is 321 g/mol. The molecule has 5 heteroatoms. The molecule has 0 spiro atoms. The fraction of sp³-hybridized carbons (Fsp3) is 0.333. The molecule has 0 unspecified atom stereocenters. The van der Waals surface area contributed by atoms with Crippen molar-refractivity contribution in [3.63, 3.8) is 0 Å². The van der Waals surface area contributed by atoms with Crippen molar-refractivity contribution in [2.24, 2.45) is 0 Å². The first-order valence-electron chi connectivity index (χ1n) is 7.70. The van der Waals surface area contributed by atoms with Gasteiger partial charge in [-0.15, -0.1) is 0 Å². The number of nitrogens with two attached hydrogens (primary N) is 1. The average Bonchev–Trinajstić information content (AvgIpc) is 2.51. The first kappa shape index (κ1) is 15.7. The minimum Gasteiger partial charge on any atom is -0.479 e. The Morgan fingerprint density at radius 1 is 0.870 bits per heavy atom. The Kier molecular flexibility index (Phi) is 4.20. The lowest BCUT2D eigenvalue weighted by Crippen LogP contribution is -2.36. The summed E-state index contributed by atoms with van der Waals surface area (Å²) in [6, 6.07) is 7.60. The summed E-state index contributed by atoms with van der Waals surface area (Å²) in [5.74, 6) is -1.86. The summed E-state index contributed by atoms with van der Waals surface area (Å²) in [5.41, 5.74) is 5.13. The third-order valence-corrected chi connectivity index (χ3v) is 4.34. The second kappa shape index (κ2) is 6.14. The van der Waals surface area contributed by atoms with Crippen LogP contribution in [0.2, 0.25) is 0 Å². The van der Waals surface area contributed by atoms with Gasteiger partial charge in [-0.2, -0.15) is 0 Å². The Hall–Kier alpha value is -2.17. The van der Waals surface area contributed by atoms with E-state index in [1.54, 1.807) is 0 Å². The van der Waals surface area contributed by atoms with Crippen molar-refractivity contribution in [3.8, 4) is 5.75 Å². The Labute approximate surface area is 133 Å². The summed E-state index contributed by atoms with van der Waals surface area (Å²) in [7, 11) is 0. The molecule has 0 heterocycles. The van der Waals surface area contributed by atoms with E-state index in [0.717, 1.165) is 25.3 Å². The standard InChI is InChI=1S/C18H18F3NO/c19-12-4-6-14(15(20)10-12)18(8-2-1-3-9-18)23-17-7-5-13(22)11-16(17)21/h4-7,10-11H,1-3,8-9,22H2. The molecule has 2 N–H and O–H groups in total. The predicted molar refractivity (Wildman–Crippen MR) is 82.6 cm³/mol. The SMILES string of the molecule is Nc1ccc(OC2(c3ccc(F)cc3F)CCCCC2)c(F)c1. The zero-order valence-electron chi connectivity index (χ0n) is 12.6. The number of hydrogen-bond donors (Lipinski definition) is 1. The lowest BCUT2D eigenvalue weighted by molar-refractivity contribution is 0.0193. The summed E-state index contributed by atoms with van der Waals surface area (Å²) < 4.78 is 47.6. The maximum atomic E-state index is 14.3. The van der Waals surface area contributed by atoms with Gasteiger partial charge in [0.2, 0.25) is 0 Å². The van der Waals surface area contributed by atoms with Crippen LogP contribution in [-0.4, -0.2) is 0 Å². The van der Waals surface area contributed by atoms with Crippen LogP contribution < -0.4 is 10.5 Å². The number of halogens is 3. The summed E-state index contributed by atoms with van der Waals surface area (Å²) in [6.07, 6.45) is 3.80. The molecule has 0 bridgehead atoms. The van der Waals surface area contributed by atoms with Gasteiger partial charge in [-0.3, -0.25) is 0 Å². The third kappa shape index (κ3) is 3.14. The van der Waals surface area contributed by atoms with Crippen molar-refractivity contribution in [1.82, 2.24) is 0 Å². The van der Waals surface area contributed by atoms with Crippen LogP contribution in [0.15, 0.2) is 36.4 Å². The van der Waals surface area contributed by atoms with Gasteiger partial charge in [0.25, 0.3) is 0 Å². The van der Waals surface area contributed by atoms with E-state index >= 15 is 0 Å². The maximum absolute atomic E-state index is 14.3. The van der Waals surface area contributed by atoms with Crippen LogP contribution in [0.25, 0.3) is 0 Å². The minimum atomic E-state index is -0.979. The number of hydrogen-bond acceptors (Lipinski definition) is 2. The summed E-state index contributed by atoms with van der Waals surface area (Å²) in [5, 5.41) is 0. The van der Waals surface area contributed by atoms with Crippen molar-refractivity contribution in [2.75, 3.05) is 5.73 Å². The van der Waals surface area contributed by atoms with Gasteiger partial charge in [-0.05, 0) is 49.9 Å². The van der Waals surface area contributed by atoms with E-state index < -0.39 is 23.1 Å². The molecule has 0 amide bonds. The van der Waals surface area contributed by atoms with Crippen LogP contribution in [0.4, 0.5) is 18.9 Å². The number of rotatable bonds is 3. The lowest BCUT2D eigenvalue weighted by Gasteiger charge is -2.38. The molecule has 2 nitrogen and oxygen atoms in total. The fourth-order valence-electron chi connectivity index (χ4n) is 3.22. The monoisotopic (exact) mass is 321 g/mol. The van der Waals surface area contributed by atoms with E-state index in [0.29, 0.717) is 18.5 Å². The van der Waals surface area contributed by atoms with Gasteiger partial charge in [0, 0.05) is 23.4 Å². The zero-order chi connectivity index (χ0) is 16.4. The molecule has 1 saturated carbocycles. The molecule has 1 aliphatic carbocycles. The van der Waals surface area contributed by atoms with Gasteiger partial charge >= 0.3 is 0 Å². The highest BCUT2D eigenvalue weighted by molar-refractivity contribution is 5.43. The van der Waals surface area contributed by atoms with Crippen LogP contribution in [0.3, 0.4) is 0 Å². The Morgan fingerprint density at radius 3 is 2.26 bits per heavy atom. The topological polar surface area (TPSA) is 35.2 Å². The highest BCUT2D eigenvalue weighted by Crippen LogP contribution is 2.43. The highest BCUT2D eigenvalue weighted by Gasteiger charge is 2.39. The van der Waals surface area contributed by atoms with Crippen LogP contribution in [0.5, 0.6) is 5.75 Å². The molecule has 23 heavy (non-hydrogen) atoms. The van der Waals surface area contributed by atoms with Gasteiger partial charge < -0.3 is 10.5 Å². The van der Waals surface area contributed by atoms with Crippen LogP contribution in [0, 0.1) is 17.5 Å². The van der Waals surface area contributed by atoms with E-state index in [4.69, 9.17) is 10.5 Å². The van der Waals surface area contributed by atoms with E-state index in [2.05, 4.69) is 0 Å². The second-order valence-electron chi connectivity index (χ2n) is 5.97. The van der Waals surface area contributed by atoms with E-state index in [1.165, 1.54) is 30.3 Å². The van der Waals surface area contributed by atoms with Crippen molar-refractivity contribution in [3.05, 3.63) is 59.4 Å². The van der Waals surface area contributed by atoms with Crippen molar-refractivity contribution in [2.45, 2.75) is 37.7 Å². The molecular weight excluding hydrogens is 303 g/mol. The van der Waals surface area contributed by atoms with Crippen LogP contribution >= 0.6 is 0 Å². The van der Waals surface area contributed by atoms with Gasteiger partial charge in [-0.1, -0.05) is 6.42 Å². The van der Waals surface area contributed by atoms with Crippen molar-refractivity contribution < 1.29 is 17.9 Å². The quantitative estimate of drug-likeness (QED) is 0.814. The highest BCUT2D eigenvalue weighted by atomic mass is 19.1. The molecular formula is C18H18F3NO. The first-order chi connectivity index (χ1) is 11.0. The zero-order valence-corrected chi connectivity index (χ0v) is 12.6. The largest absolute Gasteiger partial charge is 0.479 e.